The van der Waals surface area contributed by atoms with Gasteiger partial charge in [0.05, 0.1) is 5.92 Å². The Balaban J connectivity index is 1.47. The molecular weight excluding hydrogens is 454 g/mol. The zero-order valence-electron chi connectivity index (χ0n) is 21.3. The zero-order chi connectivity index (χ0) is 25.4. The number of likely N-dealkylation sites (tertiary alicyclic amines) is 1. The molecule has 3 aromatic rings. The predicted octanol–water partition coefficient (Wildman–Crippen LogP) is 3.21. The Bertz CT molecular complexity index is 1250. The molecular formula is C27H33N7O2. The molecule has 1 atom stereocenters. The molecule has 0 bridgehead atoms. The minimum absolute atomic E-state index is 0.0314. The number of rotatable bonds is 5. The SMILES string of the molecule is CC(C)n1cnc([C@@H]2CN(C(=O)c3ccccn3)c3ccc(C(=O)N4CCC(N(C)C)CC4)cc32)n1. The molecule has 0 N–H and O–H groups in total. The van der Waals surface area contributed by atoms with Crippen LogP contribution in [0.15, 0.2) is 48.9 Å². The molecule has 5 rings (SSSR count). The second-order valence-corrected chi connectivity index (χ2v) is 10.1. The van der Waals surface area contributed by atoms with E-state index in [1.807, 2.05) is 47.7 Å². The molecule has 188 valence electrons. The van der Waals surface area contributed by atoms with E-state index < -0.39 is 0 Å². The fraction of sp³-hybridized carbons (Fsp3) is 0.444. The fourth-order valence-electron chi connectivity index (χ4n) is 5.10. The molecule has 9 nitrogen and oxygen atoms in total. The van der Waals surface area contributed by atoms with E-state index in [2.05, 4.69) is 29.0 Å². The third-order valence-electron chi connectivity index (χ3n) is 7.28. The predicted molar refractivity (Wildman–Crippen MR) is 137 cm³/mol. The summed E-state index contributed by atoms with van der Waals surface area (Å²) in [5.41, 5.74) is 2.69. The molecule has 0 saturated carbocycles. The van der Waals surface area contributed by atoms with E-state index in [0.29, 0.717) is 29.7 Å². The quantitative estimate of drug-likeness (QED) is 0.549. The van der Waals surface area contributed by atoms with Crippen LogP contribution in [0.2, 0.25) is 0 Å². The van der Waals surface area contributed by atoms with E-state index in [1.54, 1.807) is 29.6 Å². The monoisotopic (exact) mass is 487 g/mol. The molecule has 36 heavy (non-hydrogen) atoms. The molecule has 0 spiro atoms. The highest BCUT2D eigenvalue weighted by Gasteiger charge is 2.37. The number of anilines is 1. The lowest BCUT2D eigenvalue weighted by atomic mass is 9.97. The van der Waals surface area contributed by atoms with Crippen molar-refractivity contribution >= 4 is 17.5 Å². The molecule has 1 aromatic carbocycles. The Morgan fingerprint density at radius 2 is 1.81 bits per heavy atom. The van der Waals surface area contributed by atoms with Gasteiger partial charge in [-0.05, 0) is 76.7 Å². The normalized spacial score (nSPS) is 18.2. The van der Waals surface area contributed by atoms with Gasteiger partial charge in [-0.3, -0.25) is 19.3 Å². The third-order valence-corrected chi connectivity index (χ3v) is 7.28. The highest BCUT2D eigenvalue weighted by Crippen LogP contribution is 2.40. The molecule has 0 unspecified atom stereocenters. The fourth-order valence-corrected chi connectivity index (χ4v) is 5.10. The highest BCUT2D eigenvalue weighted by molar-refractivity contribution is 6.07. The third kappa shape index (κ3) is 4.51. The Morgan fingerprint density at radius 1 is 1.03 bits per heavy atom. The van der Waals surface area contributed by atoms with E-state index in [1.165, 1.54) is 0 Å². The number of benzene rings is 1. The summed E-state index contributed by atoms with van der Waals surface area (Å²) in [6.45, 7) is 5.99. The summed E-state index contributed by atoms with van der Waals surface area (Å²) in [5, 5.41) is 4.70. The lowest BCUT2D eigenvalue weighted by Gasteiger charge is -2.35. The first-order valence-electron chi connectivity index (χ1n) is 12.6. The van der Waals surface area contributed by atoms with Crippen molar-refractivity contribution in [3.05, 3.63) is 71.6 Å². The zero-order valence-corrected chi connectivity index (χ0v) is 21.3. The number of carbonyl (C=O) groups is 2. The van der Waals surface area contributed by atoms with Crippen LogP contribution in [0.4, 0.5) is 5.69 Å². The number of nitrogens with zero attached hydrogens (tertiary/aromatic N) is 7. The van der Waals surface area contributed by atoms with Crippen LogP contribution < -0.4 is 4.90 Å². The van der Waals surface area contributed by atoms with Gasteiger partial charge >= 0.3 is 0 Å². The molecule has 1 saturated heterocycles. The average Bonchev–Trinajstić information content (AvgIpc) is 3.53. The van der Waals surface area contributed by atoms with Gasteiger partial charge in [0, 0.05) is 49.2 Å². The van der Waals surface area contributed by atoms with E-state index >= 15 is 0 Å². The van der Waals surface area contributed by atoms with Gasteiger partial charge in [0.2, 0.25) is 0 Å². The van der Waals surface area contributed by atoms with Crippen LogP contribution >= 0.6 is 0 Å². The summed E-state index contributed by atoms with van der Waals surface area (Å²) in [4.78, 5) is 41.6. The lowest BCUT2D eigenvalue weighted by Crippen LogP contribution is -2.44. The van der Waals surface area contributed by atoms with Crippen molar-refractivity contribution in [2.75, 3.05) is 38.6 Å². The molecule has 2 aliphatic rings. The molecule has 2 aromatic heterocycles. The van der Waals surface area contributed by atoms with Gasteiger partial charge in [-0.15, -0.1) is 0 Å². The molecule has 0 aliphatic carbocycles. The van der Waals surface area contributed by atoms with Gasteiger partial charge in [-0.1, -0.05) is 6.07 Å². The van der Waals surface area contributed by atoms with Gasteiger partial charge in [-0.2, -0.15) is 5.10 Å². The van der Waals surface area contributed by atoms with Crippen molar-refractivity contribution in [3.8, 4) is 0 Å². The van der Waals surface area contributed by atoms with Crippen molar-refractivity contribution in [1.29, 1.82) is 0 Å². The number of aromatic nitrogens is 4. The van der Waals surface area contributed by atoms with Gasteiger partial charge in [0.1, 0.15) is 12.0 Å². The summed E-state index contributed by atoms with van der Waals surface area (Å²) < 4.78 is 1.82. The maximum Gasteiger partial charge on any atom is 0.276 e. The Labute approximate surface area is 211 Å². The van der Waals surface area contributed by atoms with Gasteiger partial charge in [0.25, 0.3) is 11.8 Å². The Morgan fingerprint density at radius 3 is 2.44 bits per heavy atom. The topological polar surface area (TPSA) is 87.5 Å². The number of hydrogen-bond donors (Lipinski definition) is 0. The summed E-state index contributed by atoms with van der Waals surface area (Å²) in [6.07, 6.45) is 5.28. The summed E-state index contributed by atoms with van der Waals surface area (Å²) in [5.74, 6) is 0.286. The van der Waals surface area contributed by atoms with Crippen molar-refractivity contribution in [3.63, 3.8) is 0 Å². The highest BCUT2D eigenvalue weighted by atomic mass is 16.2. The standard InChI is InChI=1S/C27H33N7O2/c1-18(2)34-17-29-25(30-34)22-16-33(27(36)23-7-5-6-12-28-23)24-9-8-19(15-21(22)24)26(35)32-13-10-20(11-14-32)31(3)4/h5-9,12,15,17-18,20,22H,10-11,13-14,16H2,1-4H3/t22-/m1/s1. The molecule has 2 aliphatic heterocycles. The first-order chi connectivity index (χ1) is 17.3. The van der Waals surface area contributed by atoms with Crippen LogP contribution in [0, 0.1) is 0 Å². The largest absolute Gasteiger partial charge is 0.339 e. The van der Waals surface area contributed by atoms with Crippen molar-refractivity contribution in [1.82, 2.24) is 29.5 Å². The van der Waals surface area contributed by atoms with Crippen LogP contribution in [0.5, 0.6) is 0 Å². The number of pyridine rings is 1. The van der Waals surface area contributed by atoms with Gasteiger partial charge in [0.15, 0.2) is 5.82 Å². The second kappa shape index (κ2) is 9.81. The Hall–Kier alpha value is -3.59. The second-order valence-electron chi connectivity index (χ2n) is 10.1. The van der Waals surface area contributed by atoms with Crippen LogP contribution in [0.25, 0.3) is 0 Å². The smallest absolute Gasteiger partial charge is 0.276 e. The maximum atomic E-state index is 13.4. The van der Waals surface area contributed by atoms with Crippen molar-refractivity contribution in [2.45, 2.75) is 44.7 Å². The van der Waals surface area contributed by atoms with Gasteiger partial charge in [-0.25, -0.2) is 4.98 Å². The minimum atomic E-state index is -0.222. The van der Waals surface area contributed by atoms with Crippen LogP contribution in [-0.4, -0.2) is 81.1 Å². The van der Waals surface area contributed by atoms with E-state index in [0.717, 1.165) is 37.2 Å². The molecule has 1 fully saturated rings. The molecule has 0 radical (unpaired) electrons. The Kier molecular flexibility index (Phi) is 6.57. The average molecular weight is 488 g/mol. The number of carbonyl (C=O) groups excluding carboxylic acids is 2. The minimum Gasteiger partial charge on any atom is -0.339 e. The number of fused-ring (bicyclic) bond motifs is 1. The molecule has 9 heteroatoms. The lowest BCUT2D eigenvalue weighted by molar-refractivity contribution is 0.0663. The van der Waals surface area contributed by atoms with Crippen LogP contribution in [0.3, 0.4) is 0 Å². The first kappa shape index (κ1) is 24.1. The number of piperidine rings is 1. The van der Waals surface area contributed by atoms with Crippen molar-refractivity contribution < 1.29 is 9.59 Å². The number of hydrogen-bond acceptors (Lipinski definition) is 6. The summed E-state index contributed by atoms with van der Waals surface area (Å²) >= 11 is 0. The summed E-state index contributed by atoms with van der Waals surface area (Å²) in [6, 6.07) is 11.7. The van der Waals surface area contributed by atoms with Crippen LogP contribution in [0.1, 0.15) is 70.9 Å². The molecule has 4 heterocycles. The van der Waals surface area contributed by atoms with E-state index in [4.69, 9.17) is 5.10 Å². The molecule has 2 amide bonds. The van der Waals surface area contributed by atoms with E-state index in [-0.39, 0.29) is 23.8 Å². The van der Waals surface area contributed by atoms with Gasteiger partial charge < -0.3 is 14.7 Å². The maximum absolute atomic E-state index is 13.4. The van der Waals surface area contributed by atoms with Crippen LogP contribution in [-0.2, 0) is 0 Å². The summed E-state index contributed by atoms with van der Waals surface area (Å²) in [7, 11) is 4.19. The number of amides is 2. The first-order valence-corrected chi connectivity index (χ1v) is 12.6. The van der Waals surface area contributed by atoms with Crippen molar-refractivity contribution in [2.24, 2.45) is 0 Å². The van der Waals surface area contributed by atoms with E-state index in [9.17, 15) is 9.59 Å².